The van der Waals surface area contributed by atoms with Gasteiger partial charge in [0.2, 0.25) is 0 Å². The first-order valence-corrected chi connectivity index (χ1v) is 13.4. The Balaban J connectivity index is 1.49. The van der Waals surface area contributed by atoms with E-state index in [9.17, 15) is 14.7 Å². The molecule has 0 aliphatic carbocycles. The number of carboxylic acids is 1. The summed E-state index contributed by atoms with van der Waals surface area (Å²) >= 11 is 0. The third-order valence-corrected chi connectivity index (χ3v) is 7.24. The van der Waals surface area contributed by atoms with Crippen LogP contribution < -0.4 is 4.74 Å². The minimum atomic E-state index is -1.11. The number of methoxy groups -OCH3 is 1. The molecule has 6 rings (SSSR count). The molecular formula is C33H27N5O4. The molecule has 0 bridgehead atoms. The van der Waals surface area contributed by atoms with Gasteiger partial charge in [0, 0.05) is 35.5 Å². The van der Waals surface area contributed by atoms with Crippen LogP contribution in [-0.4, -0.2) is 49.6 Å². The second-order valence-electron chi connectivity index (χ2n) is 9.99. The Bertz CT molecular complexity index is 1790. The molecule has 0 spiro atoms. The molecule has 3 aromatic carbocycles. The Morgan fingerprint density at radius 1 is 0.929 bits per heavy atom. The summed E-state index contributed by atoms with van der Waals surface area (Å²) < 4.78 is 7.08. The average Bonchev–Trinajstić information content (AvgIpc) is 3.67. The lowest BCUT2D eigenvalue weighted by Crippen LogP contribution is -2.27. The van der Waals surface area contributed by atoms with Crippen LogP contribution in [0.15, 0.2) is 109 Å². The predicted octanol–water partition coefficient (Wildman–Crippen LogP) is 5.94. The Labute approximate surface area is 242 Å². The molecule has 1 atom stereocenters. The quantitative estimate of drug-likeness (QED) is 0.265. The number of carbonyl (C=O) groups excluding carboxylic acids is 1. The van der Waals surface area contributed by atoms with Gasteiger partial charge < -0.3 is 9.84 Å². The predicted molar refractivity (Wildman–Crippen MR) is 158 cm³/mol. The monoisotopic (exact) mass is 557 g/mol. The fraction of sp³-hybridized carbons (Fsp3) is 0.121. The first kappa shape index (κ1) is 26.6. The number of aromatic carboxylic acids is 1. The number of aryl methyl sites for hydroxylation is 1. The van der Waals surface area contributed by atoms with Gasteiger partial charge in [-0.05, 0) is 67.1 Å². The van der Waals surface area contributed by atoms with E-state index in [1.807, 2.05) is 73.8 Å². The number of pyridine rings is 1. The Hall–Kier alpha value is -5.57. The summed E-state index contributed by atoms with van der Waals surface area (Å²) in [5, 5.41) is 20.7. The fourth-order valence-corrected chi connectivity index (χ4v) is 5.00. The highest BCUT2D eigenvalue weighted by Crippen LogP contribution is 2.39. The van der Waals surface area contributed by atoms with Crippen molar-refractivity contribution in [1.82, 2.24) is 19.8 Å². The number of nitrogens with zero attached hydrogens (tertiary/aromatic N) is 5. The van der Waals surface area contributed by atoms with E-state index < -0.39 is 17.9 Å². The number of ether oxygens (including phenoxy) is 1. The van der Waals surface area contributed by atoms with Crippen LogP contribution in [0.25, 0.3) is 16.9 Å². The maximum absolute atomic E-state index is 14.0. The van der Waals surface area contributed by atoms with Crippen molar-refractivity contribution in [2.45, 2.75) is 19.4 Å². The van der Waals surface area contributed by atoms with E-state index in [0.29, 0.717) is 17.9 Å². The molecular weight excluding hydrogens is 530 g/mol. The molecule has 0 fully saturated rings. The zero-order chi connectivity index (χ0) is 29.2. The second kappa shape index (κ2) is 11.1. The molecule has 0 radical (unpaired) electrons. The summed E-state index contributed by atoms with van der Waals surface area (Å²) in [5.41, 5.74) is 6.14. The summed E-state index contributed by atoms with van der Waals surface area (Å²) in [6.45, 7) is 2.02. The molecule has 9 heteroatoms. The van der Waals surface area contributed by atoms with Crippen LogP contribution in [0, 0.1) is 6.92 Å². The van der Waals surface area contributed by atoms with Crippen molar-refractivity contribution in [1.29, 1.82) is 0 Å². The number of benzene rings is 3. The molecule has 1 amide bonds. The molecule has 1 aliphatic heterocycles. The van der Waals surface area contributed by atoms with Gasteiger partial charge in [-0.2, -0.15) is 10.2 Å². The van der Waals surface area contributed by atoms with Gasteiger partial charge in [-0.15, -0.1) is 0 Å². The number of hydrogen-bond donors (Lipinski definition) is 1. The molecule has 2 aromatic heterocycles. The minimum Gasteiger partial charge on any atom is -0.497 e. The van der Waals surface area contributed by atoms with E-state index in [4.69, 9.17) is 14.9 Å². The van der Waals surface area contributed by atoms with Crippen LogP contribution in [0.1, 0.15) is 49.9 Å². The van der Waals surface area contributed by atoms with E-state index in [-0.39, 0.29) is 11.1 Å². The molecule has 1 N–H and O–H groups in total. The number of rotatable bonds is 7. The molecule has 42 heavy (non-hydrogen) atoms. The van der Waals surface area contributed by atoms with Crippen LogP contribution in [0.2, 0.25) is 0 Å². The van der Waals surface area contributed by atoms with Crippen molar-refractivity contribution >= 4 is 17.6 Å². The van der Waals surface area contributed by atoms with Gasteiger partial charge >= 0.3 is 5.97 Å². The van der Waals surface area contributed by atoms with Crippen molar-refractivity contribution in [3.8, 4) is 22.7 Å². The van der Waals surface area contributed by atoms with Crippen molar-refractivity contribution in [3.05, 3.63) is 131 Å². The van der Waals surface area contributed by atoms with Crippen molar-refractivity contribution in [2.24, 2.45) is 5.10 Å². The highest BCUT2D eigenvalue weighted by atomic mass is 16.5. The maximum atomic E-state index is 14.0. The summed E-state index contributed by atoms with van der Waals surface area (Å²) in [5.74, 6) is -0.799. The van der Waals surface area contributed by atoms with Crippen molar-refractivity contribution in [2.75, 3.05) is 7.11 Å². The van der Waals surface area contributed by atoms with Gasteiger partial charge in [-0.1, -0.05) is 35.9 Å². The maximum Gasteiger partial charge on any atom is 0.335 e. The summed E-state index contributed by atoms with van der Waals surface area (Å²) in [6, 6.07) is 24.8. The number of hydrogen-bond acceptors (Lipinski definition) is 6. The zero-order valence-corrected chi connectivity index (χ0v) is 23.0. The normalized spacial score (nSPS) is 14.5. The van der Waals surface area contributed by atoms with Gasteiger partial charge in [0.1, 0.15) is 5.75 Å². The number of hydrazone groups is 1. The van der Waals surface area contributed by atoms with Crippen LogP contribution in [0.3, 0.4) is 0 Å². The van der Waals surface area contributed by atoms with Crippen LogP contribution in [0.4, 0.5) is 0 Å². The molecule has 5 aromatic rings. The smallest absolute Gasteiger partial charge is 0.335 e. The second-order valence-corrected chi connectivity index (χ2v) is 9.99. The van der Waals surface area contributed by atoms with Gasteiger partial charge in [-0.3, -0.25) is 9.78 Å². The fourth-order valence-electron chi connectivity index (χ4n) is 5.00. The minimum absolute atomic E-state index is 0.0284. The number of aromatic nitrogens is 3. The Kier molecular flexibility index (Phi) is 7.06. The van der Waals surface area contributed by atoms with Crippen LogP contribution >= 0.6 is 0 Å². The molecule has 0 saturated heterocycles. The van der Waals surface area contributed by atoms with Gasteiger partial charge in [-0.25, -0.2) is 14.5 Å². The lowest BCUT2D eigenvalue weighted by molar-refractivity contribution is 0.0697. The molecule has 3 heterocycles. The van der Waals surface area contributed by atoms with E-state index >= 15 is 0 Å². The van der Waals surface area contributed by atoms with Gasteiger partial charge in [0.15, 0.2) is 0 Å². The average molecular weight is 558 g/mol. The molecule has 0 saturated carbocycles. The first-order chi connectivity index (χ1) is 20.4. The standard InChI is InChI=1S/C33H27N5O4/c1-21-8-10-23(11-9-21)31-28(20-37(36-31)26-7-4-16-34-19-26)30-18-29(22-12-14-27(42-2)15-13-22)35-38(30)32(39)24-5-3-6-25(17-24)33(40)41/h3-17,19-20,30H,18H2,1-2H3,(H,40,41). The highest BCUT2D eigenvalue weighted by Gasteiger charge is 2.37. The van der Waals surface area contributed by atoms with Crippen LogP contribution in [-0.2, 0) is 0 Å². The lowest BCUT2D eigenvalue weighted by atomic mass is 9.95. The van der Waals surface area contributed by atoms with Crippen molar-refractivity contribution in [3.63, 3.8) is 0 Å². The summed E-state index contributed by atoms with van der Waals surface area (Å²) in [7, 11) is 1.61. The Morgan fingerprint density at radius 3 is 2.36 bits per heavy atom. The van der Waals surface area contributed by atoms with E-state index in [0.717, 1.165) is 33.7 Å². The van der Waals surface area contributed by atoms with Gasteiger partial charge in [0.25, 0.3) is 5.91 Å². The third-order valence-electron chi connectivity index (χ3n) is 7.24. The molecule has 208 valence electrons. The van der Waals surface area contributed by atoms with E-state index in [2.05, 4.69) is 4.98 Å². The molecule has 1 unspecified atom stereocenters. The largest absolute Gasteiger partial charge is 0.497 e. The molecule has 9 nitrogen and oxygen atoms in total. The van der Waals surface area contributed by atoms with E-state index in [1.165, 1.54) is 17.1 Å². The molecule has 1 aliphatic rings. The summed E-state index contributed by atoms with van der Waals surface area (Å²) in [4.78, 5) is 29.9. The van der Waals surface area contributed by atoms with E-state index in [1.54, 1.807) is 36.3 Å². The number of carboxylic acid groups (broad SMARTS) is 1. The zero-order valence-electron chi connectivity index (χ0n) is 23.0. The number of carbonyl (C=O) groups is 2. The topological polar surface area (TPSA) is 110 Å². The Morgan fingerprint density at radius 2 is 1.67 bits per heavy atom. The van der Waals surface area contributed by atoms with Crippen molar-refractivity contribution < 1.29 is 19.4 Å². The highest BCUT2D eigenvalue weighted by molar-refractivity contribution is 6.05. The lowest BCUT2D eigenvalue weighted by Gasteiger charge is -2.22. The van der Waals surface area contributed by atoms with Crippen LogP contribution in [0.5, 0.6) is 5.75 Å². The SMILES string of the molecule is COc1ccc(C2=NN(C(=O)c3cccc(C(=O)O)c3)C(c3cn(-c4cccnc4)nc3-c3ccc(C)cc3)C2)cc1. The van der Waals surface area contributed by atoms with Gasteiger partial charge in [0.05, 0.1) is 42.0 Å². The first-order valence-electron chi connectivity index (χ1n) is 13.4. The third kappa shape index (κ3) is 5.15. The summed E-state index contributed by atoms with van der Waals surface area (Å²) in [6.07, 6.45) is 5.77. The number of amides is 1.